The lowest BCUT2D eigenvalue weighted by Crippen LogP contribution is -2.28. The zero-order chi connectivity index (χ0) is 10.6. The summed E-state index contributed by atoms with van der Waals surface area (Å²) in [5, 5.41) is 18.1. The predicted molar refractivity (Wildman–Crippen MR) is 50.7 cm³/mol. The second-order valence-electron chi connectivity index (χ2n) is 3.58. The molecule has 0 saturated carbocycles. The maximum atomic E-state index is 9.41. The Kier molecular flexibility index (Phi) is 3.05. The van der Waals surface area contributed by atoms with E-state index >= 15 is 0 Å². The fourth-order valence-corrected chi connectivity index (χ4v) is 0.842. The molecule has 0 radical (unpaired) electrons. The molecule has 0 aromatic carbocycles. The summed E-state index contributed by atoms with van der Waals surface area (Å²) >= 11 is 0. The van der Waals surface area contributed by atoms with Crippen LogP contribution in [0.15, 0.2) is 18.5 Å². The van der Waals surface area contributed by atoms with Crippen LogP contribution < -0.4 is 4.74 Å². The smallest absolute Gasteiger partial charge is 0.155 e. The zero-order valence-corrected chi connectivity index (χ0v) is 8.19. The molecular formula is C10H12N2O2. The van der Waals surface area contributed by atoms with Crippen LogP contribution in [0.25, 0.3) is 0 Å². The van der Waals surface area contributed by atoms with Crippen molar-refractivity contribution in [2.75, 3.05) is 6.61 Å². The van der Waals surface area contributed by atoms with Crippen molar-refractivity contribution < 1.29 is 9.84 Å². The second kappa shape index (κ2) is 4.07. The third-order valence-electron chi connectivity index (χ3n) is 1.49. The van der Waals surface area contributed by atoms with Gasteiger partial charge in [-0.25, -0.2) is 0 Å². The first kappa shape index (κ1) is 10.5. The van der Waals surface area contributed by atoms with Crippen molar-refractivity contribution in [3.63, 3.8) is 0 Å². The van der Waals surface area contributed by atoms with Crippen molar-refractivity contribution in [3.8, 4) is 11.8 Å². The summed E-state index contributed by atoms with van der Waals surface area (Å²) in [5.41, 5.74) is -0.494. The maximum Gasteiger partial charge on any atom is 0.155 e. The monoisotopic (exact) mass is 192 g/mol. The van der Waals surface area contributed by atoms with E-state index in [0.717, 1.165) is 0 Å². The summed E-state index contributed by atoms with van der Waals surface area (Å²) in [5.74, 6) is 0.400. The van der Waals surface area contributed by atoms with Crippen LogP contribution in [0.2, 0.25) is 0 Å². The van der Waals surface area contributed by atoms with Crippen LogP contribution in [0, 0.1) is 11.3 Å². The Morgan fingerprint density at radius 1 is 1.64 bits per heavy atom. The first-order valence-corrected chi connectivity index (χ1v) is 4.22. The summed E-state index contributed by atoms with van der Waals surface area (Å²) in [4.78, 5) is 3.84. The van der Waals surface area contributed by atoms with Crippen LogP contribution in [-0.4, -0.2) is 22.3 Å². The SMILES string of the molecule is CC(C)(O)COc1cnccc1C#N. The predicted octanol–water partition coefficient (Wildman–Crippen LogP) is 1.10. The van der Waals surface area contributed by atoms with Crippen molar-refractivity contribution in [2.45, 2.75) is 19.4 Å². The van der Waals surface area contributed by atoms with Gasteiger partial charge in [0.1, 0.15) is 12.7 Å². The highest BCUT2D eigenvalue weighted by molar-refractivity contribution is 5.40. The minimum Gasteiger partial charge on any atom is -0.488 e. The van der Waals surface area contributed by atoms with Crippen LogP contribution >= 0.6 is 0 Å². The van der Waals surface area contributed by atoms with E-state index in [4.69, 9.17) is 10.00 Å². The van der Waals surface area contributed by atoms with Crippen LogP contribution in [-0.2, 0) is 0 Å². The minimum absolute atomic E-state index is 0.132. The molecule has 0 atom stereocenters. The highest BCUT2D eigenvalue weighted by Crippen LogP contribution is 2.16. The number of nitriles is 1. The number of aromatic nitrogens is 1. The molecule has 0 aliphatic rings. The highest BCUT2D eigenvalue weighted by Gasteiger charge is 2.14. The quantitative estimate of drug-likeness (QED) is 0.778. The van der Waals surface area contributed by atoms with Gasteiger partial charge in [0.15, 0.2) is 5.75 Å². The fraction of sp³-hybridized carbons (Fsp3) is 0.400. The van der Waals surface area contributed by atoms with E-state index in [1.54, 1.807) is 19.9 Å². The molecule has 74 valence electrons. The Morgan fingerprint density at radius 2 is 2.36 bits per heavy atom. The Bertz CT molecular complexity index is 350. The van der Waals surface area contributed by atoms with Crippen molar-refractivity contribution in [3.05, 3.63) is 24.0 Å². The average molecular weight is 192 g/mol. The van der Waals surface area contributed by atoms with Crippen molar-refractivity contribution >= 4 is 0 Å². The average Bonchev–Trinajstić information content (AvgIpc) is 2.14. The molecule has 1 heterocycles. The van der Waals surface area contributed by atoms with Gasteiger partial charge < -0.3 is 9.84 Å². The molecule has 4 nitrogen and oxygen atoms in total. The van der Waals surface area contributed by atoms with E-state index in [0.29, 0.717) is 11.3 Å². The molecular weight excluding hydrogens is 180 g/mol. The van der Waals surface area contributed by atoms with Crippen molar-refractivity contribution in [1.82, 2.24) is 4.98 Å². The Balaban J connectivity index is 2.73. The fourth-order valence-electron chi connectivity index (χ4n) is 0.842. The van der Waals surface area contributed by atoms with Gasteiger partial charge >= 0.3 is 0 Å². The van der Waals surface area contributed by atoms with Gasteiger partial charge in [-0.15, -0.1) is 0 Å². The standard InChI is InChI=1S/C10H12N2O2/c1-10(2,13)7-14-9-6-12-4-3-8(9)5-11/h3-4,6,13H,7H2,1-2H3. The highest BCUT2D eigenvalue weighted by atomic mass is 16.5. The summed E-state index contributed by atoms with van der Waals surface area (Å²) < 4.78 is 5.26. The molecule has 1 N–H and O–H groups in total. The molecule has 0 fully saturated rings. The van der Waals surface area contributed by atoms with Gasteiger partial charge in [0.05, 0.1) is 17.4 Å². The van der Waals surface area contributed by atoms with E-state index in [1.807, 2.05) is 6.07 Å². The molecule has 14 heavy (non-hydrogen) atoms. The lowest BCUT2D eigenvalue weighted by molar-refractivity contribution is 0.0283. The van der Waals surface area contributed by atoms with Gasteiger partial charge in [0.25, 0.3) is 0 Å². The molecule has 0 aliphatic heterocycles. The zero-order valence-electron chi connectivity index (χ0n) is 8.19. The van der Waals surface area contributed by atoms with Crippen LogP contribution in [0.4, 0.5) is 0 Å². The molecule has 4 heteroatoms. The van der Waals surface area contributed by atoms with E-state index in [-0.39, 0.29) is 6.61 Å². The first-order chi connectivity index (χ1) is 6.53. The summed E-state index contributed by atoms with van der Waals surface area (Å²) in [6, 6.07) is 3.55. The number of aliphatic hydroxyl groups is 1. The number of rotatable bonds is 3. The van der Waals surface area contributed by atoms with Crippen LogP contribution in [0.5, 0.6) is 5.75 Å². The molecule has 0 unspecified atom stereocenters. The number of nitrogens with zero attached hydrogens (tertiary/aromatic N) is 2. The molecule has 0 aliphatic carbocycles. The second-order valence-corrected chi connectivity index (χ2v) is 3.58. The van der Waals surface area contributed by atoms with Gasteiger partial charge in [-0.1, -0.05) is 0 Å². The molecule has 0 amide bonds. The topological polar surface area (TPSA) is 66.1 Å². The number of hydrogen-bond acceptors (Lipinski definition) is 4. The lowest BCUT2D eigenvalue weighted by Gasteiger charge is -2.17. The molecule has 0 bridgehead atoms. The molecule has 0 saturated heterocycles. The van der Waals surface area contributed by atoms with Gasteiger partial charge in [0, 0.05) is 6.20 Å². The molecule has 1 aromatic heterocycles. The third kappa shape index (κ3) is 3.04. The Hall–Kier alpha value is -1.60. The Morgan fingerprint density at radius 3 is 2.93 bits per heavy atom. The third-order valence-corrected chi connectivity index (χ3v) is 1.49. The maximum absolute atomic E-state index is 9.41. The van der Waals surface area contributed by atoms with Gasteiger partial charge in [0.2, 0.25) is 0 Å². The van der Waals surface area contributed by atoms with E-state index in [9.17, 15) is 5.11 Å². The summed E-state index contributed by atoms with van der Waals surface area (Å²) in [7, 11) is 0. The molecule has 1 aromatic rings. The van der Waals surface area contributed by atoms with Crippen LogP contribution in [0.3, 0.4) is 0 Å². The first-order valence-electron chi connectivity index (χ1n) is 4.22. The van der Waals surface area contributed by atoms with E-state index < -0.39 is 5.60 Å². The normalized spacial score (nSPS) is 10.7. The largest absolute Gasteiger partial charge is 0.488 e. The van der Waals surface area contributed by atoms with Gasteiger partial charge in [-0.3, -0.25) is 4.98 Å². The van der Waals surface area contributed by atoms with Crippen LogP contribution in [0.1, 0.15) is 19.4 Å². The van der Waals surface area contributed by atoms with Crippen molar-refractivity contribution in [1.29, 1.82) is 5.26 Å². The summed E-state index contributed by atoms with van der Waals surface area (Å²) in [6.07, 6.45) is 2.99. The number of pyridine rings is 1. The van der Waals surface area contributed by atoms with Crippen molar-refractivity contribution in [2.24, 2.45) is 0 Å². The lowest BCUT2D eigenvalue weighted by atomic mass is 10.2. The van der Waals surface area contributed by atoms with E-state index in [1.165, 1.54) is 12.4 Å². The number of hydrogen-bond donors (Lipinski definition) is 1. The Labute approximate surface area is 82.8 Å². The molecule has 1 rings (SSSR count). The van der Waals surface area contributed by atoms with Gasteiger partial charge in [-0.2, -0.15) is 5.26 Å². The van der Waals surface area contributed by atoms with Gasteiger partial charge in [-0.05, 0) is 19.9 Å². The minimum atomic E-state index is -0.914. The molecule has 0 spiro atoms. The van der Waals surface area contributed by atoms with E-state index in [2.05, 4.69) is 4.98 Å². The summed E-state index contributed by atoms with van der Waals surface area (Å²) in [6.45, 7) is 3.40. The number of ether oxygens (including phenoxy) is 1.